The van der Waals surface area contributed by atoms with Crippen molar-refractivity contribution in [3.63, 3.8) is 0 Å². The van der Waals surface area contributed by atoms with E-state index >= 15 is 0 Å². The first-order chi connectivity index (χ1) is 13.2. The Labute approximate surface area is 160 Å². The number of rotatable bonds is 7. The van der Waals surface area contributed by atoms with E-state index in [-0.39, 0.29) is 5.13 Å². The van der Waals surface area contributed by atoms with E-state index in [4.69, 9.17) is 4.42 Å². The Balaban J connectivity index is 1.53. The summed E-state index contributed by atoms with van der Waals surface area (Å²) < 4.78 is 20.0. The van der Waals surface area contributed by atoms with Crippen molar-refractivity contribution >= 4 is 33.3 Å². The highest BCUT2D eigenvalue weighted by atomic mass is 32.1. The molecule has 4 rings (SSSR count). The van der Waals surface area contributed by atoms with Gasteiger partial charge in [0, 0.05) is 30.1 Å². The van der Waals surface area contributed by atoms with Crippen LogP contribution in [-0.2, 0) is 6.42 Å². The van der Waals surface area contributed by atoms with E-state index in [1.54, 1.807) is 24.5 Å². The Morgan fingerprint density at radius 3 is 2.93 bits per heavy atom. The molecule has 0 bridgehead atoms. The summed E-state index contributed by atoms with van der Waals surface area (Å²) in [5.41, 5.74) is 3.30. The first-order valence-corrected chi connectivity index (χ1v) is 9.78. The van der Waals surface area contributed by atoms with Gasteiger partial charge < -0.3 is 9.73 Å². The number of pyridine rings is 1. The number of hydrogen-bond donors (Lipinski definition) is 1. The van der Waals surface area contributed by atoms with Gasteiger partial charge in [-0.25, -0.2) is 9.97 Å². The van der Waals surface area contributed by atoms with Crippen molar-refractivity contribution in [3.05, 3.63) is 53.7 Å². The maximum Gasteiger partial charge on any atom is 0.206 e. The number of aromatic nitrogens is 3. The molecule has 7 heteroatoms. The van der Waals surface area contributed by atoms with Crippen LogP contribution in [-0.4, -0.2) is 15.0 Å². The van der Waals surface area contributed by atoms with Gasteiger partial charge in [0.2, 0.25) is 5.13 Å². The van der Waals surface area contributed by atoms with E-state index in [9.17, 15) is 4.39 Å². The molecule has 0 saturated carbocycles. The average Bonchev–Trinajstić information content (AvgIpc) is 3.25. The van der Waals surface area contributed by atoms with E-state index in [0.29, 0.717) is 16.4 Å². The van der Waals surface area contributed by atoms with Crippen LogP contribution in [0.3, 0.4) is 0 Å². The summed E-state index contributed by atoms with van der Waals surface area (Å²) in [7, 11) is 0. The minimum atomic E-state index is -0.341. The minimum absolute atomic E-state index is 0.302. The molecule has 0 unspecified atom stereocenters. The van der Waals surface area contributed by atoms with E-state index in [1.165, 1.54) is 12.8 Å². The highest BCUT2D eigenvalue weighted by molar-refractivity contribution is 7.14. The van der Waals surface area contributed by atoms with E-state index in [2.05, 4.69) is 27.2 Å². The number of aryl methyl sites for hydroxylation is 1. The number of halogens is 1. The molecule has 0 saturated heterocycles. The smallest absolute Gasteiger partial charge is 0.206 e. The van der Waals surface area contributed by atoms with Crippen LogP contribution in [0.15, 0.2) is 47.1 Å². The molecule has 3 heterocycles. The largest absolute Gasteiger partial charge is 0.441 e. The number of anilines is 2. The van der Waals surface area contributed by atoms with E-state index in [0.717, 1.165) is 46.9 Å². The predicted molar refractivity (Wildman–Crippen MR) is 106 cm³/mol. The summed E-state index contributed by atoms with van der Waals surface area (Å²) in [5.74, 6) is 0.759. The number of hydrogen-bond acceptors (Lipinski definition) is 6. The maximum absolute atomic E-state index is 14.3. The van der Waals surface area contributed by atoms with Crippen molar-refractivity contribution in [1.29, 1.82) is 0 Å². The number of thiazole rings is 1. The van der Waals surface area contributed by atoms with Gasteiger partial charge in [-0.1, -0.05) is 31.1 Å². The molecule has 5 nitrogen and oxygen atoms in total. The lowest BCUT2D eigenvalue weighted by Gasteiger charge is -2.01. The Kier molecular flexibility index (Phi) is 5.11. The SMILES string of the molecule is CCCCCc1nc2cc(Nc3nc(-c4cccnc4)c(F)s3)ccc2o1. The zero-order chi connectivity index (χ0) is 18.6. The number of nitrogens with zero attached hydrogens (tertiary/aromatic N) is 3. The molecule has 0 amide bonds. The second kappa shape index (κ2) is 7.84. The zero-order valence-corrected chi connectivity index (χ0v) is 15.7. The fourth-order valence-corrected chi connectivity index (χ4v) is 3.58. The molecule has 27 heavy (non-hydrogen) atoms. The molecule has 0 atom stereocenters. The number of benzene rings is 1. The van der Waals surface area contributed by atoms with Crippen LogP contribution < -0.4 is 5.32 Å². The molecule has 4 aromatic rings. The molecule has 3 aromatic heterocycles. The van der Waals surface area contributed by atoms with Crippen molar-refractivity contribution in [3.8, 4) is 11.3 Å². The van der Waals surface area contributed by atoms with Crippen LogP contribution in [0.1, 0.15) is 32.1 Å². The number of fused-ring (bicyclic) bond motifs is 1. The van der Waals surface area contributed by atoms with Crippen molar-refractivity contribution in [2.75, 3.05) is 5.32 Å². The van der Waals surface area contributed by atoms with Gasteiger partial charge >= 0.3 is 0 Å². The van der Waals surface area contributed by atoms with Gasteiger partial charge in [0.05, 0.1) is 0 Å². The molecule has 0 aliphatic rings. The fourth-order valence-electron chi connectivity index (χ4n) is 2.85. The molecule has 0 spiro atoms. The van der Waals surface area contributed by atoms with Gasteiger partial charge in [0.25, 0.3) is 0 Å². The monoisotopic (exact) mass is 382 g/mol. The third-order valence-electron chi connectivity index (χ3n) is 4.20. The molecule has 0 aliphatic carbocycles. The first kappa shape index (κ1) is 17.6. The molecule has 1 N–H and O–H groups in total. The summed E-state index contributed by atoms with van der Waals surface area (Å²) >= 11 is 0.968. The van der Waals surface area contributed by atoms with Crippen LogP contribution in [0.5, 0.6) is 0 Å². The van der Waals surface area contributed by atoms with Gasteiger partial charge in [-0.2, -0.15) is 4.39 Å². The summed E-state index contributed by atoms with van der Waals surface area (Å²) in [5, 5.41) is 3.30. The molecule has 1 aromatic carbocycles. The first-order valence-electron chi connectivity index (χ1n) is 8.96. The third-order valence-corrected chi connectivity index (χ3v) is 4.96. The minimum Gasteiger partial charge on any atom is -0.441 e. The summed E-state index contributed by atoms with van der Waals surface area (Å²) in [6.07, 6.45) is 7.50. The molecule has 138 valence electrons. The lowest BCUT2D eigenvalue weighted by Crippen LogP contribution is -1.89. The predicted octanol–water partition coefficient (Wildman–Crippen LogP) is 5.96. The lowest BCUT2D eigenvalue weighted by molar-refractivity contribution is 0.513. The number of unbranched alkanes of at least 4 members (excludes halogenated alkanes) is 2. The Bertz CT molecular complexity index is 1040. The zero-order valence-electron chi connectivity index (χ0n) is 14.9. The fraction of sp³-hybridized carbons (Fsp3) is 0.250. The molecular weight excluding hydrogens is 363 g/mol. The Morgan fingerprint density at radius 2 is 2.11 bits per heavy atom. The van der Waals surface area contributed by atoms with Crippen molar-refractivity contribution in [2.45, 2.75) is 32.6 Å². The van der Waals surface area contributed by atoms with Crippen LogP contribution in [0.4, 0.5) is 15.2 Å². The average molecular weight is 382 g/mol. The Hall–Kier alpha value is -2.80. The quantitative estimate of drug-likeness (QED) is 0.399. The van der Waals surface area contributed by atoms with Gasteiger partial charge in [-0.15, -0.1) is 0 Å². The van der Waals surface area contributed by atoms with Crippen LogP contribution in [0.2, 0.25) is 0 Å². The van der Waals surface area contributed by atoms with Crippen LogP contribution >= 0.6 is 11.3 Å². The van der Waals surface area contributed by atoms with E-state index in [1.807, 2.05) is 18.2 Å². The van der Waals surface area contributed by atoms with Crippen LogP contribution in [0.25, 0.3) is 22.4 Å². The third kappa shape index (κ3) is 3.98. The second-order valence-corrected chi connectivity index (χ2v) is 7.20. The highest BCUT2D eigenvalue weighted by Gasteiger charge is 2.14. The van der Waals surface area contributed by atoms with Crippen molar-refractivity contribution in [2.24, 2.45) is 0 Å². The molecular formula is C20H19FN4OS. The maximum atomic E-state index is 14.3. The summed E-state index contributed by atoms with van der Waals surface area (Å²) in [6.45, 7) is 2.17. The molecule has 0 radical (unpaired) electrons. The van der Waals surface area contributed by atoms with Gasteiger partial charge in [0.15, 0.2) is 16.6 Å². The number of nitrogens with one attached hydrogen (secondary N) is 1. The van der Waals surface area contributed by atoms with Crippen LogP contribution in [0, 0.1) is 5.13 Å². The van der Waals surface area contributed by atoms with Gasteiger partial charge in [-0.05, 0) is 36.8 Å². The van der Waals surface area contributed by atoms with Gasteiger partial charge in [-0.3, -0.25) is 4.98 Å². The Morgan fingerprint density at radius 1 is 1.19 bits per heavy atom. The molecule has 0 fully saturated rings. The second-order valence-electron chi connectivity index (χ2n) is 6.26. The topological polar surface area (TPSA) is 63.8 Å². The van der Waals surface area contributed by atoms with Gasteiger partial charge in [0.1, 0.15) is 11.2 Å². The van der Waals surface area contributed by atoms with Crippen molar-refractivity contribution < 1.29 is 8.81 Å². The summed E-state index contributed by atoms with van der Waals surface area (Å²) in [4.78, 5) is 12.9. The van der Waals surface area contributed by atoms with E-state index < -0.39 is 0 Å². The lowest BCUT2D eigenvalue weighted by atomic mass is 10.2. The standard InChI is InChI=1S/C20H19FN4OS/c1-2-3-4-7-17-24-15-11-14(8-9-16(15)26-17)23-20-25-18(19(21)27-20)13-6-5-10-22-12-13/h5-6,8-12H,2-4,7H2,1H3,(H,23,25). The molecule has 0 aliphatic heterocycles. The summed E-state index contributed by atoms with van der Waals surface area (Å²) in [6, 6.07) is 9.20. The normalized spacial score (nSPS) is 11.2. The highest BCUT2D eigenvalue weighted by Crippen LogP contribution is 2.31. The van der Waals surface area contributed by atoms with Crippen molar-refractivity contribution in [1.82, 2.24) is 15.0 Å². The number of oxazole rings is 1.